The number of hydrogen-bond donors (Lipinski definition) is 1. The smallest absolute Gasteiger partial charge is 0.220 e. The molecule has 0 saturated heterocycles. The zero-order chi connectivity index (χ0) is 17.7. The van der Waals surface area contributed by atoms with Crippen molar-refractivity contribution in [1.82, 2.24) is 5.32 Å². The van der Waals surface area contributed by atoms with Gasteiger partial charge in [0, 0.05) is 16.5 Å². The summed E-state index contributed by atoms with van der Waals surface area (Å²) in [4.78, 5) is 12.3. The third-order valence-electron chi connectivity index (χ3n) is 4.31. The topological polar surface area (TPSA) is 29.1 Å². The highest BCUT2D eigenvalue weighted by Crippen LogP contribution is 2.23. The first-order valence-corrected chi connectivity index (χ1v) is 8.96. The second-order valence-corrected chi connectivity index (χ2v) is 6.95. The third-order valence-corrected chi connectivity index (χ3v) is 4.90. The summed E-state index contributed by atoms with van der Waals surface area (Å²) in [6, 6.07) is 11.8. The van der Waals surface area contributed by atoms with Gasteiger partial charge in [0.2, 0.25) is 5.91 Å². The Morgan fingerprint density at radius 3 is 2.46 bits per heavy atom. The number of benzene rings is 2. The molecule has 2 aromatic carbocycles. The van der Waals surface area contributed by atoms with Crippen LogP contribution in [0, 0.1) is 13.8 Å². The minimum Gasteiger partial charge on any atom is -0.349 e. The van der Waals surface area contributed by atoms with E-state index in [1.807, 2.05) is 6.07 Å². The summed E-state index contributed by atoms with van der Waals surface area (Å²) in [5.41, 5.74) is 4.60. The molecule has 0 aliphatic heterocycles. The lowest BCUT2D eigenvalue weighted by molar-refractivity contribution is -0.121. The Bertz CT molecular complexity index is 728. The maximum Gasteiger partial charge on any atom is 0.220 e. The van der Waals surface area contributed by atoms with E-state index in [0.29, 0.717) is 22.9 Å². The Hall–Kier alpha value is -1.51. The highest BCUT2D eigenvalue weighted by molar-refractivity contribution is 6.35. The summed E-state index contributed by atoms with van der Waals surface area (Å²) in [5.74, 6) is 0.0334. The van der Waals surface area contributed by atoms with Gasteiger partial charge >= 0.3 is 0 Å². The summed E-state index contributed by atoms with van der Waals surface area (Å²) in [6.07, 6.45) is 1.86. The van der Waals surface area contributed by atoms with Gasteiger partial charge in [0.15, 0.2) is 0 Å². The fourth-order valence-electron chi connectivity index (χ4n) is 2.64. The summed E-state index contributed by atoms with van der Waals surface area (Å²) >= 11 is 12.1. The molecule has 24 heavy (non-hydrogen) atoms. The maximum absolute atomic E-state index is 12.3. The predicted molar refractivity (Wildman–Crippen MR) is 102 cm³/mol. The van der Waals surface area contributed by atoms with E-state index in [1.165, 1.54) is 11.1 Å². The number of aryl methyl sites for hydroxylation is 3. The first-order valence-electron chi connectivity index (χ1n) is 8.21. The van der Waals surface area contributed by atoms with Gasteiger partial charge in [-0.25, -0.2) is 0 Å². The van der Waals surface area contributed by atoms with Crippen LogP contribution in [0.1, 0.15) is 48.1 Å². The molecule has 1 N–H and O–H groups in total. The molecule has 0 saturated carbocycles. The molecule has 2 aromatic rings. The van der Waals surface area contributed by atoms with Crippen LogP contribution >= 0.6 is 23.2 Å². The lowest BCUT2D eigenvalue weighted by atomic mass is 9.99. The third kappa shape index (κ3) is 4.99. The van der Waals surface area contributed by atoms with Gasteiger partial charge in [-0.3, -0.25) is 4.79 Å². The van der Waals surface area contributed by atoms with Crippen LogP contribution in [0.3, 0.4) is 0 Å². The number of nitrogens with one attached hydrogen (secondary N) is 1. The highest BCUT2D eigenvalue weighted by Gasteiger charge is 2.14. The number of amides is 1. The largest absolute Gasteiger partial charge is 0.349 e. The van der Waals surface area contributed by atoms with E-state index in [0.717, 1.165) is 17.5 Å². The van der Waals surface area contributed by atoms with Crippen LogP contribution in [-0.2, 0) is 11.2 Å². The Kier molecular flexibility index (Phi) is 6.70. The van der Waals surface area contributed by atoms with E-state index in [-0.39, 0.29) is 11.9 Å². The lowest BCUT2D eigenvalue weighted by Crippen LogP contribution is -2.28. The molecule has 0 bridgehead atoms. The average Bonchev–Trinajstić information content (AvgIpc) is 2.54. The van der Waals surface area contributed by atoms with Crippen LogP contribution in [0.15, 0.2) is 36.4 Å². The molecular weight excluding hydrogens is 341 g/mol. The van der Waals surface area contributed by atoms with Crippen LogP contribution in [0.4, 0.5) is 0 Å². The molecule has 0 aliphatic rings. The number of carbonyl (C=O) groups excluding carboxylic acids is 1. The van der Waals surface area contributed by atoms with Gasteiger partial charge in [-0.05, 0) is 61.1 Å². The summed E-state index contributed by atoms with van der Waals surface area (Å²) < 4.78 is 0. The first kappa shape index (κ1) is 18.8. The first-order chi connectivity index (χ1) is 11.4. The van der Waals surface area contributed by atoms with Crippen LogP contribution < -0.4 is 5.32 Å². The van der Waals surface area contributed by atoms with Crippen molar-refractivity contribution in [1.29, 1.82) is 0 Å². The van der Waals surface area contributed by atoms with E-state index >= 15 is 0 Å². The second kappa shape index (κ2) is 8.55. The van der Waals surface area contributed by atoms with Gasteiger partial charge in [0.25, 0.3) is 0 Å². The molecule has 0 aliphatic carbocycles. The second-order valence-electron chi connectivity index (χ2n) is 6.11. The molecule has 0 unspecified atom stereocenters. The summed E-state index contributed by atoms with van der Waals surface area (Å²) in [7, 11) is 0. The Morgan fingerprint density at radius 2 is 1.83 bits per heavy atom. The summed E-state index contributed by atoms with van der Waals surface area (Å²) in [6.45, 7) is 6.26. The molecule has 1 atom stereocenters. The van der Waals surface area contributed by atoms with Crippen LogP contribution in [0.2, 0.25) is 10.0 Å². The molecule has 2 rings (SSSR count). The quantitative estimate of drug-likeness (QED) is 0.688. The van der Waals surface area contributed by atoms with E-state index < -0.39 is 0 Å². The Labute approximate surface area is 154 Å². The monoisotopic (exact) mass is 363 g/mol. The molecule has 128 valence electrons. The van der Waals surface area contributed by atoms with Crippen LogP contribution in [-0.4, -0.2) is 5.91 Å². The Balaban J connectivity index is 1.97. The van der Waals surface area contributed by atoms with Crippen LogP contribution in [0.5, 0.6) is 0 Å². The maximum atomic E-state index is 12.3. The van der Waals surface area contributed by atoms with Crippen molar-refractivity contribution in [3.8, 4) is 0 Å². The van der Waals surface area contributed by atoms with E-state index in [2.05, 4.69) is 44.3 Å². The van der Waals surface area contributed by atoms with Crippen molar-refractivity contribution >= 4 is 29.1 Å². The fourth-order valence-corrected chi connectivity index (χ4v) is 3.14. The highest BCUT2D eigenvalue weighted by atomic mass is 35.5. The fraction of sp³-hybridized carbons (Fsp3) is 0.350. The van der Waals surface area contributed by atoms with Gasteiger partial charge in [-0.2, -0.15) is 0 Å². The number of hydrogen-bond acceptors (Lipinski definition) is 1. The van der Waals surface area contributed by atoms with E-state index in [1.54, 1.807) is 12.1 Å². The van der Waals surface area contributed by atoms with Crippen molar-refractivity contribution in [2.45, 2.75) is 46.1 Å². The van der Waals surface area contributed by atoms with Gasteiger partial charge in [0.1, 0.15) is 0 Å². The van der Waals surface area contributed by atoms with Crippen molar-refractivity contribution in [2.24, 2.45) is 0 Å². The van der Waals surface area contributed by atoms with Gasteiger partial charge in [0.05, 0.1) is 6.04 Å². The SMILES string of the molecule is CC[C@@H](NC(=O)CCc1ccc(Cl)cc1Cl)c1ccc(C)c(C)c1. The predicted octanol–water partition coefficient (Wildman–Crippen LogP) is 5.81. The molecule has 0 radical (unpaired) electrons. The average molecular weight is 364 g/mol. The number of carbonyl (C=O) groups is 1. The van der Waals surface area contributed by atoms with Gasteiger partial charge in [-0.15, -0.1) is 0 Å². The molecule has 1 amide bonds. The molecule has 0 heterocycles. The minimum absolute atomic E-state index is 0.0334. The van der Waals surface area contributed by atoms with E-state index in [9.17, 15) is 4.79 Å². The molecule has 4 heteroatoms. The van der Waals surface area contributed by atoms with Crippen molar-refractivity contribution in [2.75, 3.05) is 0 Å². The van der Waals surface area contributed by atoms with Crippen molar-refractivity contribution in [3.05, 3.63) is 68.7 Å². The zero-order valence-corrected chi connectivity index (χ0v) is 15.8. The molecule has 0 fully saturated rings. The molecule has 0 aromatic heterocycles. The molecular formula is C20H23Cl2NO. The van der Waals surface area contributed by atoms with Crippen LogP contribution in [0.25, 0.3) is 0 Å². The lowest BCUT2D eigenvalue weighted by Gasteiger charge is -2.19. The van der Waals surface area contributed by atoms with Gasteiger partial charge < -0.3 is 5.32 Å². The number of rotatable bonds is 6. The molecule has 0 spiro atoms. The number of halogens is 2. The standard InChI is InChI=1S/C20H23Cl2NO/c1-4-19(16-6-5-13(2)14(3)11-16)23-20(24)10-8-15-7-9-17(21)12-18(15)22/h5-7,9,11-12,19H,4,8,10H2,1-3H3,(H,23,24)/t19-/m1/s1. The van der Waals surface area contributed by atoms with Crippen molar-refractivity contribution in [3.63, 3.8) is 0 Å². The normalized spacial score (nSPS) is 12.0. The van der Waals surface area contributed by atoms with Gasteiger partial charge in [-0.1, -0.05) is 54.4 Å². The van der Waals surface area contributed by atoms with Crippen molar-refractivity contribution < 1.29 is 4.79 Å². The minimum atomic E-state index is 0.0334. The zero-order valence-electron chi connectivity index (χ0n) is 14.3. The summed E-state index contributed by atoms with van der Waals surface area (Å²) in [5, 5.41) is 4.34. The van der Waals surface area contributed by atoms with E-state index in [4.69, 9.17) is 23.2 Å². The Morgan fingerprint density at radius 1 is 1.08 bits per heavy atom. The molecule has 2 nitrogen and oxygen atoms in total.